The molecule has 1 N–H and O–H groups in total. The number of nitrogens with zero attached hydrogens (tertiary/aromatic N) is 4. The number of hydrogen-bond acceptors (Lipinski definition) is 4. The molecule has 0 atom stereocenters. The van der Waals surface area contributed by atoms with E-state index in [0.717, 1.165) is 5.69 Å². The molecule has 78 valence electrons. The number of tetrazole rings is 1. The van der Waals surface area contributed by atoms with Crippen LogP contribution in [0.2, 0.25) is 0 Å². The van der Waals surface area contributed by atoms with E-state index < -0.39 is 0 Å². The second-order valence-electron chi connectivity index (χ2n) is 3.06. The van der Waals surface area contributed by atoms with Crippen LogP contribution in [0.4, 0.5) is 5.69 Å². The van der Waals surface area contributed by atoms with Crippen molar-refractivity contribution in [1.82, 2.24) is 20.2 Å². The van der Waals surface area contributed by atoms with Gasteiger partial charge in [0.1, 0.15) is 0 Å². The van der Waals surface area contributed by atoms with Crippen molar-refractivity contribution < 1.29 is 0 Å². The number of aromatic nitrogens is 4. The molecular formula is C9H10IN5. The van der Waals surface area contributed by atoms with Crippen LogP contribution in [-0.4, -0.2) is 20.2 Å². The molecule has 1 aromatic carbocycles. The summed E-state index contributed by atoms with van der Waals surface area (Å²) < 4.78 is 1.20. The highest BCUT2D eigenvalue weighted by Gasteiger charge is 1.99. The molecule has 1 heterocycles. The molecule has 0 radical (unpaired) electrons. The lowest BCUT2D eigenvalue weighted by Gasteiger charge is -2.02. The van der Waals surface area contributed by atoms with Crippen LogP contribution in [0.3, 0.4) is 0 Å². The highest BCUT2D eigenvalue weighted by Crippen LogP contribution is 2.12. The number of halogens is 1. The molecule has 1 aromatic heterocycles. The molecule has 0 amide bonds. The van der Waals surface area contributed by atoms with E-state index in [1.54, 1.807) is 7.05 Å². The van der Waals surface area contributed by atoms with Crippen molar-refractivity contribution in [3.63, 3.8) is 0 Å². The van der Waals surface area contributed by atoms with E-state index in [-0.39, 0.29) is 0 Å². The Bertz CT molecular complexity index is 453. The van der Waals surface area contributed by atoms with Crippen LogP contribution in [0.1, 0.15) is 5.82 Å². The van der Waals surface area contributed by atoms with Gasteiger partial charge in [-0.25, -0.2) is 0 Å². The molecule has 0 bridgehead atoms. The van der Waals surface area contributed by atoms with Crippen LogP contribution in [-0.2, 0) is 13.6 Å². The molecule has 0 saturated carbocycles. The number of hydrogen-bond donors (Lipinski definition) is 1. The molecule has 5 nitrogen and oxygen atoms in total. The first-order chi connectivity index (χ1) is 7.24. The maximum Gasteiger partial charge on any atom is 0.193 e. The quantitative estimate of drug-likeness (QED) is 0.871. The molecule has 2 aromatic rings. The van der Waals surface area contributed by atoms with Gasteiger partial charge in [0.15, 0.2) is 5.82 Å². The predicted octanol–water partition coefficient (Wildman–Crippen LogP) is 1.43. The molecule has 0 spiro atoms. The fourth-order valence-electron chi connectivity index (χ4n) is 1.17. The van der Waals surface area contributed by atoms with Crippen LogP contribution in [0.25, 0.3) is 0 Å². The van der Waals surface area contributed by atoms with Gasteiger partial charge in [-0.1, -0.05) is 6.07 Å². The van der Waals surface area contributed by atoms with Gasteiger partial charge in [0.05, 0.1) is 13.6 Å². The fourth-order valence-corrected chi connectivity index (χ4v) is 1.72. The fraction of sp³-hybridized carbons (Fsp3) is 0.222. The van der Waals surface area contributed by atoms with Gasteiger partial charge in [-0.15, -0.1) is 10.2 Å². The first-order valence-corrected chi connectivity index (χ1v) is 5.54. The lowest BCUT2D eigenvalue weighted by Crippen LogP contribution is -2.02. The van der Waals surface area contributed by atoms with Gasteiger partial charge in [0, 0.05) is 9.26 Å². The van der Waals surface area contributed by atoms with Gasteiger partial charge in [-0.05, 0) is 46.0 Å². The molecule has 0 saturated heterocycles. The Morgan fingerprint density at radius 3 is 3.00 bits per heavy atom. The van der Waals surface area contributed by atoms with Crippen LogP contribution < -0.4 is 5.32 Å². The summed E-state index contributed by atoms with van der Waals surface area (Å²) in [7, 11) is 1.75. The third kappa shape index (κ3) is 2.88. The second-order valence-corrected chi connectivity index (χ2v) is 4.30. The minimum Gasteiger partial charge on any atom is -0.378 e. The van der Waals surface area contributed by atoms with Gasteiger partial charge in [0.2, 0.25) is 0 Å². The Hall–Kier alpha value is -1.18. The third-order valence-corrected chi connectivity index (χ3v) is 2.50. The lowest BCUT2D eigenvalue weighted by molar-refractivity contribution is 0.628. The van der Waals surface area contributed by atoms with Crippen molar-refractivity contribution in [3.8, 4) is 0 Å². The van der Waals surface area contributed by atoms with Crippen LogP contribution in [0, 0.1) is 3.57 Å². The number of aryl methyl sites for hydroxylation is 1. The molecule has 2 rings (SSSR count). The van der Waals surface area contributed by atoms with E-state index in [4.69, 9.17) is 0 Å². The van der Waals surface area contributed by atoms with Crippen LogP contribution in [0.5, 0.6) is 0 Å². The zero-order valence-corrected chi connectivity index (χ0v) is 10.3. The van der Waals surface area contributed by atoms with E-state index >= 15 is 0 Å². The van der Waals surface area contributed by atoms with Crippen molar-refractivity contribution in [3.05, 3.63) is 33.7 Å². The minimum atomic E-state index is 0.591. The summed E-state index contributed by atoms with van der Waals surface area (Å²) in [4.78, 5) is 1.45. The molecule has 6 heteroatoms. The highest BCUT2D eigenvalue weighted by molar-refractivity contribution is 14.1. The van der Waals surface area contributed by atoms with Crippen molar-refractivity contribution in [2.75, 3.05) is 5.32 Å². The summed E-state index contributed by atoms with van der Waals surface area (Å²) in [5.41, 5.74) is 1.06. The Morgan fingerprint density at radius 2 is 2.33 bits per heavy atom. The molecule has 0 unspecified atom stereocenters. The van der Waals surface area contributed by atoms with E-state index in [1.165, 1.54) is 8.37 Å². The second kappa shape index (κ2) is 4.56. The maximum atomic E-state index is 4.08. The van der Waals surface area contributed by atoms with E-state index in [1.807, 2.05) is 18.2 Å². The Balaban J connectivity index is 1.99. The molecule has 0 fully saturated rings. The van der Waals surface area contributed by atoms with Crippen LogP contribution >= 0.6 is 22.6 Å². The topological polar surface area (TPSA) is 55.6 Å². The average molecular weight is 315 g/mol. The zero-order valence-electron chi connectivity index (χ0n) is 8.18. The number of rotatable bonds is 3. The summed E-state index contributed by atoms with van der Waals surface area (Å²) in [6.07, 6.45) is 0. The summed E-state index contributed by atoms with van der Waals surface area (Å²) in [6, 6.07) is 8.13. The van der Waals surface area contributed by atoms with Gasteiger partial charge in [-0.2, -0.15) is 4.80 Å². The average Bonchev–Trinajstić information content (AvgIpc) is 2.62. The molecule has 0 aliphatic rings. The van der Waals surface area contributed by atoms with E-state index in [0.29, 0.717) is 12.4 Å². The number of anilines is 1. The van der Waals surface area contributed by atoms with Crippen LogP contribution in [0.15, 0.2) is 24.3 Å². The van der Waals surface area contributed by atoms with Crippen molar-refractivity contribution in [1.29, 1.82) is 0 Å². The third-order valence-electron chi connectivity index (χ3n) is 1.82. The summed E-state index contributed by atoms with van der Waals surface area (Å²) >= 11 is 2.28. The number of benzene rings is 1. The first-order valence-electron chi connectivity index (χ1n) is 4.46. The predicted molar refractivity (Wildman–Crippen MR) is 65.3 cm³/mol. The molecule has 15 heavy (non-hydrogen) atoms. The van der Waals surface area contributed by atoms with Gasteiger partial charge >= 0.3 is 0 Å². The first kappa shape index (κ1) is 10.3. The molecule has 0 aliphatic heterocycles. The highest BCUT2D eigenvalue weighted by atomic mass is 127. The standard InChI is InChI=1S/C9H10IN5/c1-15-13-9(12-14-15)6-11-8-4-2-3-7(10)5-8/h2-5,11H,6H2,1H3. The largest absolute Gasteiger partial charge is 0.378 e. The summed E-state index contributed by atoms with van der Waals surface area (Å²) in [5, 5.41) is 15.0. The zero-order chi connectivity index (χ0) is 10.7. The Kier molecular flexibility index (Phi) is 3.14. The van der Waals surface area contributed by atoms with E-state index in [9.17, 15) is 0 Å². The van der Waals surface area contributed by atoms with Crippen molar-refractivity contribution in [2.45, 2.75) is 6.54 Å². The minimum absolute atomic E-state index is 0.591. The molecule has 0 aliphatic carbocycles. The van der Waals surface area contributed by atoms with Crippen molar-refractivity contribution in [2.24, 2.45) is 7.05 Å². The summed E-state index contributed by atoms with van der Waals surface area (Å²) in [5.74, 6) is 0.691. The molecular weight excluding hydrogens is 305 g/mol. The van der Waals surface area contributed by atoms with Crippen molar-refractivity contribution >= 4 is 28.3 Å². The van der Waals surface area contributed by atoms with Gasteiger partial charge in [0.25, 0.3) is 0 Å². The van der Waals surface area contributed by atoms with E-state index in [2.05, 4.69) is 49.4 Å². The monoisotopic (exact) mass is 315 g/mol. The Labute approximate surface area is 101 Å². The van der Waals surface area contributed by atoms with Gasteiger partial charge < -0.3 is 5.32 Å². The Morgan fingerprint density at radius 1 is 1.47 bits per heavy atom. The smallest absolute Gasteiger partial charge is 0.193 e. The SMILES string of the molecule is Cn1nnc(CNc2cccc(I)c2)n1. The summed E-state index contributed by atoms with van der Waals surface area (Å²) in [6.45, 7) is 0.591. The van der Waals surface area contributed by atoms with Gasteiger partial charge in [-0.3, -0.25) is 0 Å². The normalized spacial score (nSPS) is 10.3. The number of nitrogens with one attached hydrogen (secondary N) is 1. The lowest BCUT2D eigenvalue weighted by atomic mass is 10.3. The maximum absolute atomic E-state index is 4.08.